The summed E-state index contributed by atoms with van der Waals surface area (Å²) in [4.78, 5) is 40.7. The van der Waals surface area contributed by atoms with Gasteiger partial charge in [-0.2, -0.15) is 18.3 Å². The Hall–Kier alpha value is -3.81. The highest BCUT2D eigenvalue weighted by molar-refractivity contribution is 5.62. The van der Waals surface area contributed by atoms with Gasteiger partial charge in [-0.15, -0.1) is 0 Å². The smallest absolute Gasteiger partial charge is 0.365 e. The molecule has 1 saturated heterocycles. The molecule has 1 aliphatic rings. The molecule has 3 heterocycles. The van der Waals surface area contributed by atoms with E-state index in [-0.39, 0.29) is 29.1 Å². The highest BCUT2D eigenvalue weighted by Crippen LogP contribution is 2.34. The zero-order valence-electron chi connectivity index (χ0n) is 17.1. The van der Waals surface area contributed by atoms with Crippen LogP contribution in [0.2, 0.25) is 0 Å². The summed E-state index contributed by atoms with van der Waals surface area (Å²) >= 11 is 0. The first-order chi connectivity index (χ1) is 15.9. The van der Waals surface area contributed by atoms with Crippen molar-refractivity contribution in [3.63, 3.8) is 0 Å². The molecule has 0 amide bonds. The molecule has 9 nitrogen and oxygen atoms in total. The maximum absolute atomic E-state index is 14.6. The number of hydrogen-bond acceptors (Lipinski definition) is 6. The topological polar surface area (TPSA) is 124 Å². The molecule has 14 heteroatoms. The summed E-state index contributed by atoms with van der Waals surface area (Å²) in [6, 6.07) is 5.06. The highest BCUT2D eigenvalue weighted by Gasteiger charge is 2.49. The molecule has 0 bridgehead atoms. The Balaban J connectivity index is 1.52. The minimum Gasteiger partial charge on any atom is -0.365 e. The molecule has 3 aromatic rings. The van der Waals surface area contributed by atoms with Crippen LogP contribution in [0.25, 0.3) is 11.3 Å². The van der Waals surface area contributed by atoms with E-state index in [2.05, 4.69) is 15.2 Å². The number of nitrogens with zero attached hydrogens (tertiary/aromatic N) is 2. The predicted octanol–water partition coefficient (Wildman–Crippen LogP) is 1.87. The van der Waals surface area contributed by atoms with Gasteiger partial charge in [-0.1, -0.05) is 12.1 Å². The fraction of sp³-hybridized carbons (Fsp3) is 0.300. The first kappa shape index (κ1) is 23.4. The molecule has 1 unspecified atom stereocenters. The summed E-state index contributed by atoms with van der Waals surface area (Å²) < 4.78 is 72.4. The summed E-state index contributed by atoms with van der Waals surface area (Å²) in [6.45, 7) is -1.64. The second-order valence-electron chi connectivity index (χ2n) is 7.59. The van der Waals surface area contributed by atoms with Crippen molar-refractivity contribution in [2.75, 3.05) is 18.0 Å². The first-order valence-corrected chi connectivity index (χ1v) is 9.77. The molecule has 1 fully saturated rings. The molecule has 1 atom stereocenters. The van der Waals surface area contributed by atoms with E-state index >= 15 is 0 Å². The lowest BCUT2D eigenvalue weighted by Gasteiger charge is -2.18. The lowest BCUT2D eigenvalue weighted by Crippen LogP contribution is -2.34. The Morgan fingerprint density at radius 2 is 1.82 bits per heavy atom. The van der Waals surface area contributed by atoms with Gasteiger partial charge in [0.05, 0.1) is 36.5 Å². The number of H-pyrrole nitrogens is 3. The summed E-state index contributed by atoms with van der Waals surface area (Å²) in [6.07, 6.45) is -5.10. The monoisotopic (exact) mass is 485 g/mol. The van der Waals surface area contributed by atoms with Gasteiger partial charge in [0.25, 0.3) is 17.0 Å². The van der Waals surface area contributed by atoms with Gasteiger partial charge in [-0.05, 0) is 23.8 Å². The summed E-state index contributed by atoms with van der Waals surface area (Å²) in [7, 11) is 0. The van der Waals surface area contributed by atoms with Gasteiger partial charge in [0.1, 0.15) is 11.8 Å². The van der Waals surface area contributed by atoms with Gasteiger partial charge in [0.2, 0.25) is 0 Å². The van der Waals surface area contributed by atoms with E-state index in [1.807, 2.05) is 4.98 Å². The number of aromatic amines is 3. The summed E-state index contributed by atoms with van der Waals surface area (Å²) in [5, 5.41) is 5.86. The Labute approximate surface area is 186 Å². The van der Waals surface area contributed by atoms with Gasteiger partial charge < -0.3 is 14.6 Å². The molecule has 1 aliphatic heterocycles. The van der Waals surface area contributed by atoms with Crippen LogP contribution in [0.15, 0.2) is 50.9 Å². The molecule has 0 radical (unpaired) electrons. The number of aromatic nitrogens is 4. The van der Waals surface area contributed by atoms with Crippen molar-refractivity contribution in [1.82, 2.24) is 20.2 Å². The number of halogens is 5. The molecule has 0 spiro atoms. The van der Waals surface area contributed by atoms with E-state index in [1.54, 1.807) is 0 Å². The second-order valence-corrected chi connectivity index (χ2v) is 7.59. The Morgan fingerprint density at radius 1 is 1.12 bits per heavy atom. The molecule has 2 aromatic heterocycles. The Kier molecular flexibility index (Phi) is 5.85. The number of nitrogens with one attached hydrogen (secondary N) is 3. The van der Waals surface area contributed by atoms with Crippen molar-refractivity contribution in [3.8, 4) is 11.3 Å². The minimum absolute atomic E-state index is 0.0652. The normalized spacial score (nSPS) is 17.8. The lowest BCUT2D eigenvalue weighted by molar-refractivity contribution is -0.137. The van der Waals surface area contributed by atoms with Crippen molar-refractivity contribution < 1.29 is 26.7 Å². The van der Waals surface area contributed by atoms with Gasteiger partial charge >= 0.3 is 11.9 Å². The molecule has 3 N–H and O–H groups in total. The predicted molar refractivity (Wildman–Crippen MR) is 109 cm³/mol. The molecular formula is C20H16F5N5O4. The van der Waals surface area contributed by atoms with Crippen molar-refractivity contribution in [3.05, 3.63) is 78.8 Å². The van der Waals surface area contributed by atoms with Gasteiger partial charge in [0, 0.05) is 6.20 Å². The molecular weight excluding hydrogens is 469 g/mol. The third-order valence-electron chi connectivity index (χ3n) is 5.21. The van der Waals surface area contributed by atoms with Crippen LogP contribution in [-0.4, -0.2) is 45.3 Å². The molecule has 0 saturated carbocycles. The number of alkyl halides is 5. The minimum atomic E-state index is -4.52. The summed E-state index contributed by atoms with van der Waals surface area (Å²) in [5.41, 5.74) is -3.31. The lowest BCUT2D eigenvalue weighted by atomic mass is 10.1. The fourth-order valence-electron chi connectivity index (χ4n) is 3.47. The average Bonchev–Trinajstić information content (AvgIpc) is 3.06. The van der Waals surface area contributed by atoms with E-state index < -0.39 is 53.7 Å². The number of hydrogen-bond donors (Lipinski definition) is 3. The van der Waals surface area contributed by atoms with E-state index in [9.17, 15) is 36.3 Å². The Morgan fingerprint density at radius 3 is 2.47 bits per heavy atom. The van der Waals surface area contributed by atoms with E-state index in [0.717, 1.165) is 41.4 Å². The average molecular weight is 485 g/mol. The first-order valence-electron chi connectivity index (χ1n) is 9.77. The quantitative estimate of drug-likeness (QED) is 0.474. The van der Waals surface area contributed by atoms with E-state index in [0.29, 0.717) is 0 Å². The van der Waals surface area contributed by atoms with Gasteiger partial charge in [0.15, 0.2) is 0 Å². The standard InChI is InChI=1S/C20H16F5N5O4/c21-19(22)9-30(7-15(19)34-8-10-1-3-11(4-2-10)20(23,24)25)14-5-13(28-29-17(14)32)12-6-26-18(33)27-16(12)31/h1-6,15H,7-9H2,(H,29,32)(H2,26,27,31,33). The largest absolute Gasteiger partial charge is 0.416 e. The van der Waals surface area contributed by atoms with E-state index in [1.165, 1.54) is 0 Å². The number of rotatable bonds is 5. The van der Waals surface area contributed by atoms with Crippen LogP contribution in [0.3, 0.4) is 0 Å². The van der Waals surface area contributed by atoms with Crippen LogP contribution >= 0.6 is 0 Å². The number of anilines is 1. The molecule has 0 aliphatic carbocycles. The van der Waals surface area contributed by atoms with Crippen molar-refractivity contribution in [2.24, 2.45) is 0 Å². The fourth-order valence-corrected chi connectivity index (χ4v) is 3.47. The third-order valence-corrected chi connectivity index (χ3v) is 5.21. The molecule has 180 valence electrons. The van der Waals surface area contributed by atoms with Crippen LogP contribution < -0.4 is 21.7 Å². The number of ether oxygens (including phenoxy) is 1. The molecule has 4 rings (SSSR count). The SMILES string of the molecule is O=c1[nH]cc(-c2cc(N3CC(OCc4ccc(C(F)(F)F)cc4)C(F)(F)C3)c(=O)[nH]n2)c(=O)[nH]1. The maximum atomic E-state index is 14.6. The molecule has 1 aromatic carbocycles. The van der Waals surface area contributed by atoms with Gasteiger partial charge in [-0.3, -0.25) is 14.6 Å². The third kappa shape index (κ3) is 4.76. The zero-order valence-corrected chi connectivity index (χ0v) is 17.1. The highest BCUT2D eigenvalue weighted by atomic mass is 19.4. The van der Waals surface area contributed by atoms with E-state index in [4.69, 9.17) is 4.74 Å². The van der Waals surface area contributed by atoms with Crippen LogP contribution in [0.5, 0.6) is 0 Å². The Bertz CT molecular complexity index is 1360. The molecule has 34 heavy (non-hydrogen) atoms. The van der Waals surface area contributed by atoms with Crippen LogP contribution in [-0.2, 0) is 17.5 Å². The van der Waals surface area contributed by atoms with Crippen LogP contribution in [0.1, 0.15) is 11.1 Å². The zero-order chi connectivity index (χ0) is 24.7. The maximum Gasteiger partial charge on any atom is 0.416 e. The number of benzene rings is 1. The van der Waals surface area contributed by atoms with Crippen LogP contribution in [0.4, 0.5) is 27.6 Å². The van der Waals surface area contributed by atoms with Crippen LogP contribution in [0, 0.1) is 0 Å². The van der Waals surface area contributed by atoms with Crippen molar-refractivity contribution in [2.45, 2.75) is 24.8 Å². The van der Waals surface area contributed by atoms with Crippen molar-refractivity contribution >= 4 is 5.69 Å². The van der Waals surface area contributed by atoms with Crippen molar-refractivity contribution in [1.29, 1.82) is 0 Å². The summed E-state index contributed by atoms with van der Waals surface area (Å²) in [5.74, 6) is -3.38. The second kappa shape index (κ2) is 8.52. The van der Waals surface area contributed by atoms with Gasteiger partial charge in [-0.25, -0.2) is 18.7 Å².